The second-order valence-electron chi connectivity index (χ2n) is 2.64. The topological polar surface area (TPSA) is 63.8 Å². The molecule has 6 heteroatoms. The lowest BCUT2D eigenvalue weighted by Gasteiger charge is -2.01. The van der Waals surface area contributed by atoms with Crippen molar-refractivity contribution < 1.29 is 9.50 Å². The van der Waals surface area contributed by atoms with Gasteiger partial charge in [0.15, 0.2) is 5.82 Å². The second kappa shape index (κ2) is 3.51. The Hall–Kier alpha value is -1.82. The molecule has 0 fully saturated rings. The molecule has 0 atom stereocenters. The zero-order valence-corrected chi connectivity index (χ0v) is 7.13. The van der Waals surface area contributed by atoms with E-state index in [9.17, 15) is 4.39 Å². The lowest BCUT2D eigenvalue weighted by atomic mass is 10.3. The number of rotatable bonds is 2. The maximum absolute atomic E-state index is 12.6. The molecule has 72 valence electrons. The first-order valence-electron chi connectivity index (χ1n) is 3.95. The first kappa shape index (κ1) is 8.76. The highest BCUT2D eigenvalue weighted by atomic mass is 19.1. The molecule has 0 saturated carbocycles. The summed E-state index contributed by atoms with van der Waals surface area (Å²) in [6.45, 7) is -0.260. The fourth-order valence-corrected chi connectivity index (χ4v) is 1.09. The van der Waals surface area contributed by atoms with Crippen LogP contribution in [0.3, 0.4) is 0 Å². The number of aromatic nitrogens is 4. The van der Waals surface area contributed by atoms with Gasteiger partial charge in [0.1, 0.15) is 12.4 Å². The Morgan fingerprint density at radius 1 is 1.29 bits per heavy atom. The number of tetrazole rings is 1. The van der Waals surface area contributed by atoms with E-state index in [0.29, 0.717) is 11.5 Å². The Kier molecular flexibility index (Phi) is 2.19. The van der Waals surface area contributed by atoms with Gasteiger partial charge in [0, 0.05) is 0 Å². The fraction of sp³-hybridized carbons (Fsp3) is 0.125. The Morgan fingerprint density at radius 2 is 2.00 bits per heavy atom. The van der Waals surface area contributed by atoms with Crippen molar-refractivity contribution in [3.8, 4) is 5.69 Å². The predicted octanol–water partition coefficient (Wildman–Crippen LogP) is 0.294. The summed E-state index contributed by atoms with van der Waals surface area (Å²) in [6, 6.07) is 5.67. The molecule has 0 radical (unpaired) electrons. The van der Waals surface area contributed by atoms with Crippen LogP contribution in [0.1, 0.15) is 5.82 Å². The van der Waals surface area contributed by atoms with E-state index in [4.69, 9.17) is 5.11 Å². The van der Waals surface area contributed by atoms with Crippen molar-refractivity contribution in [1.29, 1.82) is 0 Å². The number of halogens is 1. The fourth-order valence-electron chi connectivity index (χ4n) is 1.09. The van der Waals surface area contributed by atoms with Crippen LogP contribution < -0.4 is 0 Å². The van der Waals surface area contributed by atoms with Gasteiger partial charge in [0.05, 0.1) is 5.69 Å². The molecule has 0 aliphatic carbocycles. The molecule has 1 N–H and O–H groups in total. The van der Waals surface area contributed by atoms with Gasteiger partial charge >= 0.3 is 0 Å². The average Bonchev–Trinajstić information content (AvgIpc) is 2.67. The molecular weight excluding hydrogens is 187 g/mol. The molecule has 14 heavy (non-hydrogen) atoms. The Labute approximate surface area is 78.8 Å². The second-order valence-corrected chi connectivity index (χ2v) is 2.64. The smallest absolute Gasteiger partial charge is 0.182 e. The van der Waals surface area contributed by atoms with Crippen LogP contribution in [0.5, 0.6) is 0 Å². The quantitative estimate of drug-likeness (QED) is 0.746. The molecule has 5 nitrogen and oxygen atoms in total. The summed E-state index contributed by atoms with van der Waals surface area (Å²) < 4.78 is 13.9. The molecule has 0 unspecified atom stereocenters. The third-order valence-corrected chi connectivity index (χ3v) is 1.75. The largest absolute Gasteiger partial charge is 0.388 e. The van der Waals surface area contributed by atoms with Crippen molar-refractivity contribution in [3.05, 3.63) is 35.9 Å². The lowest BCUT2D eigenvalue weighted by molar-refractivity contribution is 0.268. The van der Waals surface area contributed by atoms with Crippen molar-refractivity contribution in [1.82, 2.24) is 20.2 Å². The van der Waals surface area contributed by atoms with Crippen LogP contribution in [0.2, 0.25) is 0 Å². The molecule has 2 aromatic rings. The van der Waals surface area contributed by atoms with Gasteiger partial charge in [-0.25, -0.2) is 4.39 Å². The summed E-state index contributed by atoms with van der Waals surface area (Å²) in [4.78, 5) is 0. The number of aliphatic hydroxyl groups is 1. The van der Waals surface area contributed by atoms with Gasteiger partial charge in [-0.3, -0.25) is 0 Å². The number of aliphatic hydroxyl groups excluding tert-OH is 1. The van der Waals surface area contributed by atoms with Crippen LogP contribution in [0.4, 0.5) is 4.39 Å². The maximum Gasteiger partial charge on any atom is 0.182 e. The highest BCUT2D eigenvalue weighted by molar-refractivity contribution is 5.30. The molecule has 0 spiro atoms. The molecule has 1 aromatic heterocycles. The Morgan fingerprint density at radius 3 is 2.64 bits per heavy atom. The van der Waals surface area contributed by atoms with E-state index in [1.54, 1.807) is 0 Å². The molecule has 0 aliphatic rings. The van der Waals surface area contributed by atoms with Crippen LogP contribution in [-0.2, 0) is 6.61 Å². The summed E-state index contributed by atoms with van der Waals surface area (Å²) in [6.07, 6.45) is 0. The van der Waals surface area contributed by atoms with Gasteiger partial charge in [0.25, 0.3) is 0 Å². The van der Waals surface area contributed by atoms with Crippen LogP contribution in [-0.4, -0.2) is 25.3 Å². The number of hydrogen-bond donors (Lipinski definition) is 1. The minimum Gasteiger partial charge on any atom is -0.388 e. The number of benzene rings is 1. The summed E-state index contributed by atoms with van der Waals surface area (Å²) >= 11 is 0. The predicted molar refractivity (Wildman–Crippen MR) is 45.0 cm³/mol. The van der Waals surface area contributed by atoms with Crippen LogP contribution in [0, 0.1) is 5.82 Å². The van der Waals surface area contributed by atoms with E-state index < -0.39 is 0 Å². The monoisotopic (exact) mass is 194 g/mol. The van der Waals surface area contributed by atoms with E-state index >= 15 is 0 Å². The third kappa shape index (κ3) is 1.47. The average molecular weight is 194 g/mol. The summed E-state index contributed by atoms with van der Waals surface area (Å²) in [5.41, 5.74) is 0.612. The minimum absolute atomic E-state index is 0.260. The minimum atomic E-state index is -0.327. The third-order valence-electron chi connectivity index (χ3n) is 1.75. The van der Waals surface area contributed by atoms with E-state index in [1.807, 2.05) is 0 Å². The van der Waals surface area contributed by atoms with Crippen molar-refractivity contribution >= 4 is 0 Å². The first-order valence-corrected chi connectivity index (χ1v) is 3.95. The van der Waals surface area contributed by atoms with Gasteiger partial charge in [-0.15, -0.1) is 5.10 Å². The standard InChI is InChI=1S/C8H7FN4O/c9-6-1-3-7(4-2-6)13-8(5-14)10-11-12-13/h1-4,14H,5H2. The highest BCUT2D eigenvalue weighted by Crippen LogP contribution is 2.08. The maximum atomic E-state index is 12.6. The zero-order valence-electron chi connectivity index (χ0n) is 7.13. The molecular formula is C8H7FN4O. The lowest BCUT2D eigenvalue weighted by Crippen LogP contribution is -2.02. The number of nitrogens with zero attached hydrogens (tertiary/aromatic N) is 4. The van der Waals surface area contributed by atoms with Gasteiger partial charge in [-0.2, -0.15) is 4.68 Å². The van der Waals surface area contributed by atoms with Gasteiger partial charge in [0.2, 0.25) is 0 Å². The van der Waals surface area contributed by atoms with E-state index in [1.165, 1.54) is 28.9 Å². The highest BCUT2D eigenvalue weighted by Gasteiger charge is 2.05. The normalized spacial score (nSPS) is 10.4. The molecule has 0 saturated heterocycles. The van der Waals surface area contributed by atoms with Gasteiger partial charge in [-0.1, -0.05) is 0 Å². The summed E-state index contributed by atoms with van der Waals surface area (Å²) in [5, 5.41) is 19.5. The molecule has 0 bridgehead atoms. The molecule has 2 rings (SSSR count). The Balaban J connectivity index is 2.44. The van der Waals surface area contributed by atoms with Crippen LogP contribution >= 0.6 is 0 Å². The summed E-state index contributed by atoms with van der Waals surface area (Å²) in [7, 11) is 0. The van der Waals surface area contributed by atoms with E-state index in [0.717, 1.165) is 0 Å². The summed E-state index contributed by atoms with van der Waals surface area (Å²) in [5.74, 6) is -0.0102. The van der Waals surface area contributed by atoms with Gasteiger partial charge in [-0.05, 0) is 34.7 Å². The number of hydrogen-bond acceptors (Lipinski definition) is 4. The van der Waals surface area contributed by atoms with Crippen LogP contribution in [0.25, 0.3) is 5.69 Å². The molecule has 0 aliphatic heterocycles. The van der Waals surface area contributed by atoms with Gasteiger partial charge < -0.3 is 5.11 Å². The van der Waals surface area contributed by atoms with Crippen molar-refractivity contribution in [3.63, 3.8) is 0 Å². The van der Waals surface area contributed by atoms with Crippen molar-refractivity contribution in [2.45, 2.75) is 6.61 Å². The van der Waals surface area contributed by atoms with E-state index in [2.05, 4.69) is 15.5 Å². The van der Waals surface area contributed by atoms with Crippen LogP contribution in [0.15, 0.2) is 24.3 Å². The Bertz CT molecular complexity index is 425. The molecule has 1 aromatic carbocycles. The molecule has 0 amide bonds. The SMILES string of the molecule is OCc1nnnn1-c1ccc(F)cc1. The van der Waals surface area contributed by atoms with Crippen molar-refractivity contribution in [2.24, 2.45) is 0 Å². The molecule has 1 heterocycles. The van der Waals surface area contributed by atoms with Crippen molar-refractivity contribution in [2.75, 3.05) is 0 Å². The van der Waals surface area contributed by atoms with E-state index in [-0.39, 0.29) is 12.4 Å². The zero-order chi connectivity index (χ0) is 9.97. The first-order chi connectivity index (χ1) is 6.81.